The molecule has 1 aromatic rings. The van der Waals surface area contributed by atoms with E-state index in [0.29, 0.717) is 5.92 Å². The highest BCUT2D eigenvalue weighted by molar-refractivity contribution is 5.93. The van der Waals surface area contributed by atoms with Crippen LogP contribution in [0, 0.1) is 5.92 Å². The summed E-state index contributed by atoms with van der Waals surface area (Å²) in [6.45, 7) is 4.06. The van der Waals surface area contributed by atoms with Gasteiger partial charge in [0.1, 0.15) is 0 Å². The van der Waals surface area contributed by atoms with E-state index < -0.39 is 0 Å². The normalized spacial score (nSPS) is 21.5. The molecule has 3 heteroatoms. The van der Waals surface area contributed by atoms with E-state index in [0.717, 1.165) is 50.9 Å². The predicted octanol–water partition coefficient (Wildman–Crippen LogP) is 3.51. The molecule has 1 saturated heterocycles. The minimum absolute atomic E-state index is 0.289. The molecule has 1 heterocycles. The Morgan fingerprint density at radius 2 is 2.08 bits per heavy atom. The fourth-order valence-corrected chi connectivity index (χ4v) is 3.99. The molecule has 1 unspecified atom stereocenters. The SMILES string of the molecule is CN1CCCC(CN(CCc2ccccc2)C(=O)C2=CCCC2)C1. The third kappa shape index (κ3) is 4.70. The van der Waals surface area contributed by atoms with Crippen LogP contribution < -0.4 is 0 Å². The number of nitrogens with zero attached hydrogens (tertiary/aromatic N) is 2. The van der Waals surface area contributed by atoms with Gasteiger partial charge in [-0.05, 0) is 63.6 Å². The standard InChI is InChI=1S/C21H30N2O/c1-22-14-7-10-19(16-22)17-23(21(24)20-11-5-6-12-20)15-13-18-8-3-2-4-9-18/h2-4,8-9,11,19H,5-7,10,12-17H2,1H3. The van der Waals surface area contributed by atoms with Crippen LogP contribution in [-0.2, 0) is 11.2 Å². The first-order valence-corrected chi connectivity index (χ1v) is 9.43. The molecular weight excluding hydrogens is 296 g/mol. The van der Waals surface area contributed by atoms with E-state index in [1.165, 1.54) is 24.9 Å². The number of rotatable bonds is 6. The summed E-state index contributed by atoms with van der Waals surface area (Å²) in [5.41, 5.74) is 2.36. The van der Waals surface area contributed by atoms with Gasteiger partial charge in [0.15, 0.2) is 0 Å². The highest BCUT2D eigenvalue weighted by Gasteiger charge is 2.25. The van der Waals surface area contributed by atoms with Gasteiger partial charge in [-0.3, -0.25) is 4.79 Å². The lowest BCUT2D eigenvalue weighted by Gasteiger charge is -2.34. The number of allylic oxidation sites excluding steroid dienone is 1. The molecule has 0 bridgehead atoms. The summed E-state index contributed by atoms with van der Waals surface area (Å²) in [6, 6.07) is 10.5. The molecule has 0 N–H and O–H groups in total. The molecule has 0 radical (unpaired) electrons. The van der Waals surface area contributed by atoms with E-state index in [-0.39, 0.29) is 5.91 Å². The molecule has 3 nitrogen and oxygen atoms in total. The number of carbonyl (C=O) groups excluding carboxylic acids is 1. The first-order valence-electron chi connectivity index (χ1n) is 9.43. The number of likely N-dealkylation sites (tertiary alicyclic amines) is 1. The lowest BCUT2D eigenvalue weighted by molar-refractivity contribution is -0.128. The fraction of sp³-hybridized carbons (Fsp3) is 0.571. The van der Waals surface area contributed by atoms with Gasteiger partial charge in [0.25, 0.3) is 0 Å². The van der Waals surface area contributed by atoms with Crippen LogP contribution in [-0.4, -0.2) is 48.9 Å². The molecule has 130 valence electrons. The summed E-state index contributed by atoms with van der Waals surface area (Å²) in [7, 11) is 2.20. The zero-order chi connectivity index (χ0) is 16.8. The Bertz CT molecular complexity index is 566. The number of carbonyl (C=O) groups is 1. The van der Waals surface area contributed by atoms with Crippen molar-refractivity contribution in [1.29, 1.82) is 0 Å². The van der Waals surface area contributed by atoms with E-state index in [4.69, 9.17) is 0 Å². The van der Waals surface area contributed by atoms with Crippen LogP contribution in [0.3, 0.4) is 0 Å². The van der Waals surface area contributed by atoms with Gasteiger partial charge in [-0.25, -0.2) is 0 Å². The second kappa shape index (κ2) is 8.48. The maximum absolute atomic E-state index is 13.0. The first kappa shape index (κ1) is 17.2. The van der Waals surface area contributed by atoms with Gasteiger partial charge in [0.2, 0.25) is 5.91 Å². The van der Waals surface area contributed by atoms with Gasteiger partial charge in [-0.1, -0.05) is 36.4 Å². The van der Waals surface area contributed by atoms with Gasteiger partial charge in [0, 0.05) is 25.2 Å². The van der Waals surface area contributed by atoms with Gasteiger partial charge in [-0.15, -0.1) is 0 Å². The number of amides is 1. The van der Waals surface area contributed by atoms with Crippen molar-refractivity contribution in [3.8, 4) is 0 Å². The van der Waals surface area contributed by atoms with E-state index in [2.05, 4.69) is 47.2 Å². The van der Waals surface area contributed by atoms with Crippen molar-refractivity contribution in [1.82, 2.24) is 9.80 Å². The second-order valence-corrected chi connectivity index (χ2v) is 7.38. The maximum atomic E-state index is 13.0. The lowest BCUT2D eigenvalue weighted by atomic mass is 9.97. The number of benzene rings is 1. The van der Waals surface area contributed by atoms with E-state index in [1.54, 1.807) is 0 Å². The Balaban J connectivity index is 1.64. The zero-order valence-corrected chi connectivity index (χ0v) is 14.9. The van der Waals surface area contributed by atoms with E-state index in [1.807, 2.05) is 6.07 Å². The molecule has 1 atom stereocenters. The Morgan fingerprint density at radius 1 is 1.25 bits per heavy atom. The van der Waals surface area contributed by atoms with E-state index in [9.17, 15) is 4.79 Å². The second-order valence-electron chi connectivity index (χ2n) is 7.38. The maximum Gasteiger partial charge on any atom is 0.249 e. The fourth-order valence-electron chi connectivity index (χ4n) is 3.99. The molecular formula is C21H30N2O. The summed E-state index contributed by atoms with van der Waals surface area (Å²) in [4.78, 5) is 17.5. The van der Waals surface area contributed by atoms with Crippen LogP contribution in [0.25, 0.3) is 0 Å². The Morgan fingerprint density at radius 3 is 2.79 bits per heavy atom. The Hall–Kier alpha value is -1.61. The van der Waals surface area contributed by atoms with Crippen molar-refractivity contribution in [3.05, 3.63) is 47.5 Å². The molecule has 1 aliphatic carbocycles. The third-order valence-corrected chi connectivity index (χ3v) is 5.32. The summed E-state index contributed by atoms with van der Waals surface area (Å²) >= 11 is 0. The molecule has 0 spiro atoms. The molecule has 1 fully saturated rings. The third-order valence-electron chi connectivity index (χ3n) is 5.32. The summed E-state index contributed by atoms with van der Waals surface area (Å²) in [5.74, 6) is 0.905. The molecule has 1 aliphatic heterocycles. The molecule has 3 rings (SSSR count). The topological polar surface area (TPSA) is 23.6 Å². The smallest absolute Gasteiger partial charge is 0.249 e. The summed E-state index contributed by atoms with van der Waals surface area (Å²) < 4.78 is 0. The van der Waals surface area contributed by atoms with Crippen LogP contribution in [0.4, 0.5) is 0 Å². The van der Waals surface area contributed by atoms with Crippen molar-refractivity contribution in [2.45, 2.75) is 38.5 Å². The monoisotopic (exact) mass is 326 g/mol. The minimum atomic E-state index is 0.289. The number of piperidine rings is 1. The predicted molar refractivity (Wildman–Crippen MR) is 98.9 cm³/mol. The number of hydrogen-bond acceptors (Lipinski definition) is 2. The van der Waals surface area contributed by atoms with Crippen molar-refractivity contribution >= 4 is 5.91 Å². The van der Waals surface area contributed by atoms with Gasteiger partial charge >= 0.3 is 0 Å². The van der Waals surface area contributed by atoms with Gasteiger partial charge < -0.3 is 9.80 Å². The van der Waals surface area contributed by atoms with Gasteiger partial charge in [0.05, 0.1) is 0 Å². The Kier molecular flexibility index (Phi) is 6.08. The van der Waals surface area contributed by atoms with Crippen LogP contribution in [0.15, 0.2) is 42.0 Å². The molecule has 0 aromatic heterocycles. The highest BCUT2D eigenvalue weighted by Crippen LogP contribution is 2.22. The molecule has 1 aromatic carbocycles. The quantitative estimate of drug-likeness (QED) is 0.799. The van der Waals surface area contributed by atoms with E-state index >= 15 is 0 Å². The molecule has 1 amide bonds. The van der Waals surface area contributed by atoms with Crippen LogP contribution >= 0.6 is 0 Å². The van der Waals surface area contributed by atoms with Crippen LogP contribution in [0.2, 0.25) is 0 Å². The Labute approximate surface area is 146 Å². The first-order chi connectivity index (χ1) is 11.7. The highest BCUT2D eigenvalue weighted by atomic mass is 16.2. The largest absolute Gasteiger partial charge is 0.338 e. The van der Waals surface area contributed by atoms with Crippen molar-refractivity contribution < 1.29 is 4.79 Å². The van der Waals surface area contributed by atoms with Crippen molar-refractivity contribution in [2.75, 3.05) is 33.2 Å². The molecule has 2 aliphatic rings. The average Bonchev–Trinajstić information content (AvgIpc) is 3.13. The molecule has 24 heavy (non-hydrogen) atoms. The van der Waals surface area contributed by atoms with Crippen molar-refractivity contribution in [2.24, 2.45) is 5.92 Å². The number of hydrogen-bond donors (Lipinski definition) is 0. The minimum Gasteiger partial charge on any atom is -0.338 e. The van der Waals surface area contributed by atoms with Crippen LogP contribution in [0.5, 0.6) is 0 Å². The summed E-state index contributed by atoms with van der Waals surface area (Å²) in [6.07, 6.45) is 8.78. The lowest BCUT2D eigenvalue weighted by Crippen LogP contribution is -2.42. The van der Waals surface area contributed by atoms with Gasteiger partial charge in [-0.2, -0.15) is 0 Å². The zero-order valence-electron chi connectivity index (χ0n) is 14.9. The summed E-state index contributed by atoms with van der Waals surface area (Å²) in [5, 5.41) is 0. The molecule has 0 saturated carbocycles. The van der Waals surface area contributed by atoms with Crippen molar-refractivity contribution in [3.63, 3.8) is 0 Å². The van der Waals surface area contributed by atoms with Crippen LogP contribution in [0.1, 0.15) is 37.7 Å². The average molecular weight is 326 g/mol.